The van der Waals surface area contributed by atoms with E-state index in [0.29, 0.717) is 22.2 Å². The van der Waals surface area contributed by atoms with Crippen molar-refractivity contribution in [2.75, 3.05) is 11.1 Å². The number of aromatic nitrogens is 1. The second-order valence-electron chi connectivity index (χ2n) is 7.24. The zero-order valence-electron chi connectivity index (χ0n) is 15.4. The third-order valence-corrected chi connectivity index (χ3v) is 7.97. The van der Waals surface area contributed by atoms with Crippen LogP contribution in [0.5, 0.6) is 5.75 Å². The first-order valence-corrected chi connectivity index (χ1v) is 11.4. The van der Waals surface area contributed by atoms with Gasteiger partial charge >= 0.3 is 10.8 Å². The van der Waals surface area contributed by atoms with Crippen molar-refractivity contribution in [3.05, 3.63) is 73.7 Å². The lowest BCUT2D eigenvalue weighted by Gasteiger charge is -2.44. The summed E-state index contributed by atoms with van der Waals surface area (Å²) in [4.78, 5) is 41.7. The van der Waals surface area contributed by atoms with Gasteiger partial charge in [-0.1, -0.05) is 41.1 Å². The van der Waals surface area contributed by atoms with Crippen LogP contribution in [-0.2, 0) is 9.59 Å². The third kappa shape index (κ3) is 3.15. The third-order valence-electron chi connectivity index (χ3n) is 5.37. The van der Waals surface area contributed by atoms with E-state index in [2.05, 4.69) is 10.3 Å². The van der Waals surface area contributed by atoms with Gasteiger partial charge in [-0.2, -0.15) is 0 Å². The molecule has 0 saturated heterocycles. The maximum absolute atomic E-state index is 13.2. The molecule has 0 radical (unpaired) electrons. The molecular formula is C21H15ClN2O4S2. The molecule has 6 nitrogen and oxygen atoms in total. The number of hydrogen-bond acceptors (Lipinski definition) is 6. The van der Waals surface area contributed by atoms with Gasteiger partial charge in [0.15, 0.2) is 0 Å². The molecule has 9 heteroatoms. The number of para-hydroxylation sites is 1. The van der Waals surface area contributed by atoms with Gasteiger partial charge in [0.05, 0.1) is 10.4 Å². The highest BCUT2D eigenvalue weighted by atomic mass is 35.5. The molecule has 1 amide bonds. The molecule has 3 heterocycles. The number of carbonyl (C=O) groups excluding carboxylic acids is 2. The molecule has 0 fully saturated rings. The largest absolute Gasteiger partial charge is 0.426 e. The van der Waals surface area contributed by atoms with Gasteiger partial charge in [-0.05, 0) is 30.3 Å². The number of nitrogens with one attached hydrogen (secondary N) is 2. The van der Waals surface area contributed by atoms with Gasteiger partial charge in [-0.3, -0.25) is 14.4 Å². The SMILES string of the molecule is O=C(C[C@@]12CSc3[nH]c(=O)sc3[C@H]1c1ccccc1OC2=O)Nc1ccc(Cl)cc1. The van der Waals surface area contributed by atoms with Crippen molar-refractivity contribution in [2.24, 2.45) is 5.41 Å². The minimum atomic E-state index is -1.10. The van der Waals surface area contributed by atoms with Crippen LogP contribution in [0.2, 0.25) is 5.02 Å². The fraction of sp³-hybridized carbons (Fsp3) is 0.190. The topological polar surface area (TPSA) is 88.3 Å². The van der Waals surface area contributed by atoms with Crippen LogP contribution in [0.3, 0.4) is 0 Å². The zero-order valence-corrected chi connectivity index (χ0v) is 17.8. The predicted octanol–water partition coefficient (Wildman–Crippen LogP) is 4.26. The molecule has 2 atom stereocenters. The molecule has 5 rings (SSSR count). The Morgan fingerprint density at radius 3 is 2.77 bits per heavy atom. The van der Waals surface area contributed by atoms with E-state index in [9.17, 15) is 14.4 Å². The van der Waals surface area contributed by atoms with Crippen LogP contribution in [0.25, 0.3) is 0 Å². The molecule has 0 unspecified atom stereocenters. The zero-order chi connectivity index (χ0) is 20.9. The highest BCUT2D eigenvalue weighted by Crippen LogP contribution is 2.58. The van der Waals surface area contributed by atoms with Crippen molar-refractivity contribution in [2.45, 2.75) is 17.4 Å². The number of anilines is 1. The van der Waals surface area contributed by atoms with Crippen LogP contribution in [0.4, 0.5) is 5.69 Å². The number of halogens is 1. The minimum Gasteiger partial charge on any atom is -0.426 e. The number of aromatic amines is 1. The Balaban J connectivity index is 1.56. The number of thioether (sulfide) groups is 1. The fourth-order valence-corrected chi connectivity index (χ4v) is 6.71. The van der Waals surface area contributed by atoms with Crippen LogP contribution in [-0.4, -0.2) is 22.6 Å². The molecule has 2 aliphatic heterocycles. The lowest BCUT2D eigenvalue weighted by Crippen LogP contribution is -2.49. The number of ether oxygens (including phenoxy) is 1. The Morgan fingerprint density at radius 2 is 1.97 bits per heavy atom. The number of thiazole rings is 1. The van der Waals surface area contributed by atoms with Crippen LogP contribution in [0.15, 0.2) is 58.4 Å². The summed E-state index contributed by atoms with van der Waals surface area (Å²) in [5.74, 6) is -0.369. The lowest BCUT2D eigenvalue weighted by molar-refractivity contribution is -0.149. The second kappa shape index (κ2) is 7.30. The van der Waals surface area contributed by atoms with E-state index in [1.807, 2.05) is 12.1 Å². The molecule has 1 aromatic heterocycles. The summed E-state index contributed by atoms with van der Waals surface area (Å²) in [6.45, 7) is 0. The molecule has 0 aliphatic carbocycles. The lowest BCUT2D eigenvalue weighted by atomic mass is 9.68. The van der Waals surface area contributed by atoms with Gasteiger partial charge in [0.2, 0.25) is 5.91 Å². The number of rotatable bonds is 3. The molecule has 0 bridgehead atoms. The van der Waals surface area contributed by atoms with E-state index in [4.69, 9.17) is 16.3 Å². The summed E-state index contributed by atoms with van der Waals surface area (Å²) >= 11 is 8.37. The van der Waals surface area contributed by atoms with Crippen molar-refractivity contribution >= 4 is 52.3 Å². The monoisotopic (exact) mass is 458 g/mol. The quantitative estimate of drug-likeness (QED) is 0.452. The highest BCUT2D eigenvalue weighted by Gasteiger charge is 2.57. The van der Waals surface area contributed by atoms with Crippen molar-refractivity contribution in [1.82, 2.24) is 4.98 Å². The van der Waals surface area contributed by atoms with E-state index in [1.54, 1.807) is 36.4 Å². The molecule has 30 heavy (non-hydrogen) atoms. The van der Waals surface area contributed by atoms with Gasteiger partial charge in [0.25, 0.3) is 0 Å². The van der Waals surface area contributed by atoms with E-state index in [-0.39, 0.29) is 17.2 Å². The second-order valence-corrected chi connectivity index (χ2v) is 9.68. The number of fused-ring (bicyclic) bond motifs is 5. The predicted molar refractivity (Wildman–Crippen MR) is 117 cm³/mol. The van der Waals surface area contributed by atoms with Gasteiger partial charge < -0.3 is 15.0 Å². The van der Waals surface area contributed by atoms with Crippen molar-refractivity contribution in [1.29, 1.82) is 0 Å². The molecule has 0 spiro atoms. The molecule has 2 aliphatic rings. The first-order chi connectivity index (χ1) is 14.5. The van der Waals surface area contributed by atoms with Crippen molar-refractivity contribution in [3.63, 3.8) is 0 Å². The van der Waals surface area contributed by atoms with Crippen LogP contribution >= 0.6 is 34.7 Å². The van der Waals surface area contributed by atoms with E-state index in [1.165, 1.54) is 11.8 Å². The summed E-state index contributed by atoms with van der Waals surface area (Å²) < 4.78 is 5.66. The molecule has 2 aromatic carbocycles. The standard InChI is InChI=1S/C21H15ClN2O4S2/c22-11-5-7-12(8-6-11)23-15(25)9-21-10-29-18-17(30-20(27)24-18)16(21)13-3-1-2-4-14(13)28-19(21)26/h1-8,16H,9-10H2,(H,23,25)(H,24,27)/t16-,21-/m1/s1. The van der Waals surface area contributed by atoms with Gasteiger partial charge in [0.1, 0.15) is 5.75 Å². The van der Waals surface area contributed by atoms with E-state index < -0.39 is 17.3 Å². The summed E-state index contributed by atoms with van der Waals surface area (Å²) in [6.07, 6.45) is -0.0635. The first kappa shape index (κ1) is 19.4. The van der Waals surface area contributed by atoms with Crippen LogP contribution in [0.1, 0.15) is 22.8 Å². The Kier molecular flexibility index (Phi) is 4.72. The number of carbonyl (C=O) groups is 2. The first-order valence-electron chi connectivity index (χ1n) is 9.19. The number of amides is 1. The minimum absolute atomic E-state index is 0.0635. The number of H-pyrrole nitrogens is 1. The highest BCUT2D eigenvalue weighted by molar-refractivity contribution is 7.99. The molecule has 0 saturated carbocycles. The number of benzene rings is 2. The Hall–Kier alpha value is -2.55. The summed E-state index contributed by atoms with van der Waals surface area (Å²) in [6, 6.07) is 14.1. The van der Waals surface area contributed by atoms with Gasteiger partial charge in [-0.25, -0.2) is 0 Å². The van der Waals surface area contributed by atoms with Gasteiger partial charge in [0, 0.05) is 39.2 Å². The van der Waals surface area contributed by atoms with Gasteiger partial charge in [-0.15, -0.1) is 11.8 Å². The number of esters is 1. The van der Waals surface area contributed by atoms with Crippen molar-refractivity contribution < 1.29 is 14.3 Å². The van der Waals surface area contributed by atoms with E-state index in [0.717, 1.165) is 26.8 Å². The maximum atomic E-state index is 13.2. The molecular weight excluding hydrogens is 444 g/mol. The van der Waals surface area contributed by atoms with E-state index >= 15 is 0 Å². The maximum Gasteiger partial charge on any atom is 0.319 e. The number of hydrogen-bond donors (Lipinski definition) is 2. The average Bonchev–Trinajstić information content (AvgIpc) is 3.10. The summed E-state index contributed by atoms with van der Waals surface area (Å²) in [5, 5.41) is 4.16. The Morgan fingerprint density at radius 1 is 1.20 bits per heavy atom. The molecule has 3 aromatic rings. The summed E-state index contributed by atoms with van der Waals surface area (Å²) in [7, 11) is 0. The Bertz CT molecular complexity index is 1220. The van der Waals surface area contributed by atoms with Crippen molar-refractivity contribution in [3.8, 4) is 5.75 Å². The smallest absolute Gasteiger partial charge is 0.319 e. The molecule has 2 N–H and O–H groups in total. The summed E-state index contributed by atoms with van der Waals surface area (Å²) in [5.41, 5.74) is 0.304. The Labute approximate surface area is 184 Å². The average molecular weight is 459 g/mol. The normalized spacial score (nSPS) is 21.8. The van der Waals surface area contributed by atoms with Crippen LogP contribution in [0, 0.1) is 5.41 Å². The van der Waals surface area contributed by atoms with Crippen LogP contribution < -0.4 is 14.9 Å². The molecule has 152 valence electrons. The fourth-order valence-electron chi connectivity index (χ4n) is 4.04.